The lowest BCUT2D eigenvalue weighted by molar-refractivity contribution is -0.138. The van der Waals surface area contributed by atoms with Crippen LogP contribution in [-0.2, 0) is 30.8 Å². The maximum Gasteiger partial charge on any atom is 0.303 e. The molecule has 0 radical (unpaired) electrons. The zero-order valence-corrected chi connectivity index (χ0v) is 21.4. The molecule has 1 unspecified atom stereocenters. The number of amides is 1. The summed E-state index contributed by atoms with van der Waals surface area (Å²) >= 11 is 12.6. The summed E-state index contributed by atoms with van der Waals surface area (Å²) in [5.41, 5.74) is 2.94. The Morgan fingerprint density at radius 2 is 1.77 bits per heavy atom. The highest BCUT2D eigenvalue weighted by molar-refractivity contribution is 7.91. The highest BCUT2D eigenvalue weighted by atomic mass is 35.5. The molecular formula is C24H26Cl2N2O6S. The normalized spacial score (nSPS) is 15.9. The average Bonchev–Trinajstić information content (AvgIpc) is 2.80. The summed E-state index contributed by atoms with van der Waals surface area (Å²) in [6.07, 6.45) is -0.824. The molecule has 3 rings (SSSR count). The molecule has 11 heteroatoms. The first-order valence-corrected chi connectivity index (χ1v) is 13.4. The van der Waals surface area contributed by atoms with E-state index in [4.69, 9.17) is 28.3 Å². The molecule has 2 aromatic rings. The number of ketones is 1. The fraction of sp³-hybridized carbons (Fsp3) is 0.375. The van der Waals surface area contributed by atoms with E-state index in [1.54, 1.807) is 18.2 Å². The second-order valence-corrected chi connectivity index (χ2v) is 11.5. The van der Waals surface area contributed by atoms with Gasteiger partial charge in [-0.25, -0.2) is 8.42 Å². The number of carbonyl (C=O) groups excluding carboxylic acids is 2. The predicted octanol–water partition coefficient (Wildman–Crippen LogP) is 3.28. The summed E-state index contributed by atoms with van der Waals surface area (Å²) in [6.45, 7) is 1.09. The van der Waals surface area contributed by atoms with Gasteiger partial charge in [0.25, 0.3) is 0 Å². The van der Waals surface area contributed by atoms with Crippen LogP contribution in [0, 0.1) is 0 Å². The van der Waals surface area contributed by atoms with E-state index in [1.807, 2.05) is 13.1 Å². The average molecular weight is 541 g/mol. The van der Waals surface area contributed by atoms with Gasteiger partial charge >= 0.3 is 5.97 Å². The molecule has 2 N–H and O–H groups in total. The molecular weight excluding hydrogens is 515 g/mol. The van der Waals surface area contributed by atoms with Crippen LogP contribution >= 0.6 is 23.2 Å². The van der Waals surface area contributed by atoms with Crippen LogP contribution in [-0.4, -0.2) is 62.0 Å². The summed E-state index contributed by atoms with van der Waals surface area (Å²) in [5, 5.41) is 12.1. The van der Waals surface area contributed by atoms with Crippen LogP contribution in [0.15, 0.2) is 41.3 Å². The Balaban J connectivity index is 1.64. The third-order valence-electron chi connectivity index (χ3n) is 5.83. The molecule has 0 fully saturated rings. The zero-order chi connectivity index (χ0) is 25.8. The van der Waals surface area contributed by atoms with Crippen LogP contribution in [0.1, 0.15) is 41.9 Å². The van der Waals surface area contributed by atoms with Gasteiger partial charge in [-0.15, -0.1) is 0 Å². The number of hydrogen-bond acceptors (Lipinski definition) is 6. The van der Waals surface area contributed by atoms with Gasteiger partial charge in [0.1, 0.15) is 0 Å². The van der Waals surface area contributed by atoms with Crippen molar-refractivity contribution in [2.24, 2.45) is 0 Å². The monoisotopic (exact) mass is 540 g/mol. The predicted molar refractivity (Wildman–Crippen MR) is 133 cm³/mol. The number of carboxylic acid groups (broad SMARTS) is 1. The number of likely N-dealkylation sites (N-methyl/N-ethyl adjacent to an activating group) is 1. The fourth-order valence-corrected chi connectivity index (χ4v) is 5.81. The Kier molecular flexibility index (Phi) is 8.93. The van der Waals surface area contributed by atoms with Crippen LogP contribution in [0.25, 0.3) is 0 Å². The number of fused-ring (bicyclic) bond motifs is 1. The lowest BCUT2D eigenvalue weighted by atomic mass is 9.85. The van der Waals surface area contributed by atoms with Gasteiger partial charge in [0.05, 0.1) is 23.6 Å². The van der Waals surface area contributed by atoms with Gasteiger partial charge in [-0.1, -0.05) is 35.3 Å². The number of rotatable bonds is 10. The second kappa shape index (κ2) is 11.5. The SMILES string of the molecule is CN1Cc2c(Cl)cc(Cl)cc2C(c2ccc(S(=O)(=O)CCC(=O)NCC(=O)CCC(=O)O)cc2)C1. The standard InChI is InChI=1S/C24H26Cl2N2O6S/c1-28-13-20(19-10-16(25)11-22(26)21(19)14-28)15-2-5-18(6-3-15)35(33,34)9-8-23(30)27-12-17(29)4-7-24(31)32/h2-3,5-6,10-11,20H,4,7-9,12-14H2,1H3,(H,27,30)(H,31,32). The van der Waals surface area contributed by atoms with Crippen LogP contribution in [0.5, 0.6) is 0 Å². The van der Waals surface area contributed by atoms with Crippen molar-refractivity contribution in [1.82, 2.24) is 10.2 Å². The number of Topliss-reactive ketones (excluding diaryl/α,β-unsaturated/α-hetero) is 1. The molecule has 0 bridgehead atoms. The van der Waals surface area contributed by atoms with Crippen LogP contribution in [0.3, 0.4) is 0 Å². The zero-order valence-electron chi connectivity index (χ0n) is 19.1. The lowest BCUT2D eigenvalue weighted by Gasteiger charge is -2.33. The Bertz CT molecular complexity index is 1230. The van der Waals surface area contributed by atoms with E-state index in [-0.39, 0.29) is 36.6 Å². The Labute approximate surface area is 214 Å². The first-order valence-electron chi connectivity index (χ1n) is 11.0. The molecule has 0 aromatic heterocycles. The lowest BCUT2D eigenvalue weighted by Crippen LogP contribution is -2.31. The number of halogens is 2. The largest absolute Gasteiger partial charge is 0.481 e. The molecule has 35 heavy (non-hydrogen) atoms. The summed E-state index contributed by atoms with van der Waals surface area (Å²) in [7, 11) is -1.73. The molecule has 0 spiro atoms. The smallest absolute Gasteiger partial charge is 0.303 e. The molecule has 0 saturated carbocycles. The van der Waals surface area contributed by atoms with Gasteiger partial charge in [-0.2, -0.15) is 0 Å². The highest BCUT2D eigenvalue weighted by Crippen LogP contribution is 2.38. The van der Waals surface area contributed by atoms with E-state index in [2.05, 4.69) is 10.2 Å². The van der Waals surface area contributed by atoms with Crippen molar-refractivity contribution in [3.05, 3.63) is 63.1 Å². The van der Waals surface area contributed by atoms with Gasteiger partial charge in [0.2, 0.25) is 5.91 Å². The Morgan fingerprint density at radius 1 is 1.09 bits per heavy atom. The minimum Gasteiger partial charge on any atom is -0.481 e. The van der Waals surface area contributed by atoms with Gasteiger partial charge in [-0.3, -0.25) is 14.4 Å². The maximum absolute atomic E-state index is 12.7. The Morgan fingerprint density at radius 3 is 2.43 bits per heavy atom. The Hall–Kier alpha value is -2.46. The van der Waals surface area contributed by atoms with E-state index in [0.717, 1.165) is 23.2 Å². The summed E-state index contributed by atoms with van der Waals surface area (Å²) in [6, 6.07) is 10.2. The second-order valence-electron chi connectivity index (χ2n) is 8.55. The summed E-state index contributed by atoms with van der Waals surface area (Å²) in [4.78, 5) is 36.2. The third kappa shape index (κ3) is 7.27. The first kappa shape index (κ1) is 27.1. The number of nitrogens with zero attached hydrogens (tertiary/aromatic N) is 1. The molecule has 0 saturated heterocycles. The highest BCUT2D eigenvalue weighted by Gasteiger charge is 2.27. The van der Waals surface area contributed by atoms with Crippen molar-refractivity contribution >= 4 is 50.7 Å². The summed E-state index contributed by atoms with van der Waals surface area (Å²) < 4.78 is 25.4. The fourth-order valence-electron chi connectivity index (χ4n) is 4.00. The van der Waals surface area contributed by atoms with E-state index >= 15 is 0 Å². The number of aliphatic carboxylic acids is 1. The number of carbonyl (C=O) groups is 3. The van der Waals surface area contributed by atoms with Crippen molar-refractivity contribution in [3.8, 4) is 0 Å². The minimum absolute atomic E-state index is 0.0267. The summed E-state index contributed by atoms with van der Waals surface area (Å²) in [5.74, 6) is -2.57. The maximum atomic E-state index is 12.7. The van der Waals surface area contributed by atoms with Gasteiger partial charge < -0.3 is 15.3 Å². The quantitative estimate of drug-likeness (QED) is 0.474. The van der Waals surface area contributed by atoms with E-state index < -0.39 is 33.2 Å². The van der Waals surface area contributed by atoms with Crippen molar-refractivity contribution in [1.29, 1.82) is 0 Å². The molecule has 1 atom stereocenters. The number of nitrogens with one attached hydrogen (secondary N) is 1. The number of hydrogen-bond donors (Lipinski definition) is 2. The molecule has 1 aliphatic heterocycles. The van der Waals surface area contributed by atoms with Crippen molar-refractivity contribution in [2.75, 3.05) is 25.9 Å². The molecule has 0 aliphatic carbocycles. The van der Waals surface area contributed by atoms with E-state index in [9.17, 15) is 22.8 Å². The minimum atomic E-state index is -3.72. The van der Waals surface area contributed by atoms with Gasteiger partial charge in [0, 0.05) is 41.9 Å². The number of carboxylic acids is 1. The van der Waals surface area contributed by atoms with Crippen molar-refractivity contribution < 1.29 is 27.9 Å². The van der Waals surface area contributed by atoms with Crippen molar-refractivity contribution in [2.45, 2.75) is 36.6 Å². The first-order chi connectivity index (χ1) is 16.5. The number of benzene rings is 2. The van der Waals surface area contributed by atoms with Gasteiger partial charge in [-0.05, 0) is 48.0 Å². The van der Waals surface area contributed by atoms with E-state index in [0.29, 0.717) is 16.6 Å². The number of sulfone groups is 1. The van der Waals surface area contributed by atoms with Crippen molar-refractivity contribution in [3.63, 3.8) is 0 Å². The molecule has 8 nitrogen and oxygen atoms in total. The molecule has 188 valence electrons. The third-order valence-corrected chi connectivity index (χ3v) is 8.12. The molecule has 1 heterocycles. The van der Waals surface area contributed by atoms with Crippen LogP contribution < -0.4 is 5.32 Å². The topological polar surface area (TPSA) is 121 Å². The van der Waals surface area contributed by atoms with E-state index in [1.165, 1.54) is 12.1 Å². The molecule has 2 aromatic carbocycles. The van der Waals surface area contributed by atoms with Crippen LogP contribution in [0.4, 0.5) is 0 Å². The van der Waals surface area contributed by atoms with Gasteiger partial charge in [0.15, 0.2) is 15.6 Å². The van der Waals surface area contributed by atoms with Crippen LogP contribution in [0.2, 0.25) is 10.0 Å². The molecule has 1 aliphatic rings. The molecule has 1 amide bonds.